The predicted octanol–water partition coefficient (Wildman–Crippen LogP) is 2.50. The second kappa shape index (κ2) is 3.29. The maximum absolute atomic E-state index is 5.70. The van der Waals surface area contributed by atoms with Crippen LogP contribution < -0.4 is 10.1 Å². The Kier molecular flexibility index (Phi) is 2.13. The lowest BCUT2D eigenvalue weighted by atomic mass is 10.1. The topological polar surface area (TPSA) is 21.3 Å². The van der Waals surface area contributed by atoms with E-state index < -0.39 is 0 Å². The first-order valence-corrected chi connectivity index (χ1v) is 4.76. The highest BCUT2D eigenvalue weighted by Crippen LogP contribution is 2.32. The van der Waals surface area contributed by atoms with Crippen LogP contribution in [0.5, 0.6) is 5.75 Å². The monoisotopic (exact) mass is 177 g/mol. The van der Waals surface area contributed by atoms with Crippen molar-refractivity contribution in [2.75, 3.05) is 18.5 Å². The molecule has 13 heavy (non-hydrogen) atoms. The normalized spacial score (nSPS) is 15.2. The van der Waals surface area contributed by atoms with Crippen molar-refractivity contribution >= 4 is 5.69 Å². The fourth-order valence-electron chi connectivity index (χ4n) is 1.58. The van der Waals surface area contributed by atoms with Gasteiger partial charge in [0, 0.05) is 6.54 Å². The molecular formula is C11H15NO. The van der Waals surface area contributed by atoms with Gasteiger partial charge >= 0.3 is 0 Å². The Balaban J connectivity index is 2.48. The Morgan fingerprint density at radius 2 is 2.15 bits per heavy atom. The number of aryl methyl sites for hydroxylation is 1. The van der Waals surface area contributed by atoms with E-state index in [4.69, 9.17) is 4.74 Å². The lowest BCUT2D eigenvalue weighted by Crippen LogP contribution is -1.99. The summed E-state index contributed by atoms with van der Waals surface area (Å²) in [4.78, 5) is 0. The van der Waals surface area contributed by atoms with Gasteiger partial charge in [0.1, 0.15) is 5.75 Å². The van der Waals surface area contributed by atoms with Crippen LogP contribution in [0.2, 0.25) is 0 Å². The van der Waals surface area contributed by atoms with Crippen molar-refractivity contribution in [3.63, 3.8) is 0 Å². The molecule has 2 nitrogen and oxygen atoms in total. The van der Waals surface area contributed by atoms with Gasteiger partial charge in [-0.15, -0.1) is 0 Å². The summed E-state index contributed by atoms with van der Waals surface area (Å²) in [6.45, 7) is 6.06. The molecule has 2 heteroatoms. The first-order valence-electron chi connectivity index (χ1n) is 4.76. The number of benzene rings is 1. The van der Waals surface area contributed by atoms with E-state index in [1.54, 1.807) is 0 Å². The lowest BCUT2D eigenvalue weighted by molar-refractivity contribution is 0.320. The van der Waals surface area contributed by atoms with Crippen LogP contribution in [0.3, 0.4) is 0 Å². The lowest BCUT2D eigenvalue weighted by Gasteiger charge is -2.12. The van der Waals surface area contributed by atoms with Gasteiger partial charge in [0.05, 0.1) is 12.3 Å². The third-order valence-electron chi connectivity index (χ3n) is 2.56. The number of rotatable bonds is 0. The molecule has 2 rings (SSSR count). The van der Waals surface area contributed by atoms with E-state index in [1.165, 1.54) is 11.1 Å². The fourth-order valence-corrected chi connectivity index (χ4v) is 1.58. The minimum Gasteiger partial charge on any atom is -0.491 e. The zero-order valence-electron chi connectivity index (χ0n) is 8.18. The van der Waals surface area contributed by atoms with E-state index in [0.717, 1.165) is 31.0 Å². The van der Waals surface area contributed by atoms with Crippen LogP contribution in [0.25, 0.3) is 0 Å². The van der Waals surface area contributed by atoms with Crippen LogP contribution in [0, 0.1) is 13.8 Å². The van der Waals surface area contributed by atoms with Crippen LogP contribution in [-0.4, -0.2) is 13.2 Å². The van der Waals surface area contributed by atoms with Crippen molar-refractivity contribution in [2.24, 2.45) is 0 Å². The smallest absolute Gasteiger partial charge is 0.145 e. The third-order valence-corrected chi connectivity index (χ3v) is 2.56. The van der Waals surface area contributed by atoms with Crippen LogP contribution in [0.4, 0.5) is 5.69 Å². The number of fused-ring (bicyclic) bond motifs is 1. The van der Waals surface area contributed by atoms with E-state index in [0.29, 0.717) is 0 Å². The molecule has 0 unspecified atom stereocenters. The number of ether oxygens (including phenoxy) is 1. The van der Waals surface area contributed by atoms with Gasteiger partial charge in [0.2, 0.25) is 0 Å². The molecule has 1 aromatic carbocycles. The maximum atomic E-state index is 5.70. The van der Waals surface area contributed by atoms with Crippen molar-refractivity contribution in [1.29, 1.82) is 0 Å². The van der Waals surface area contributed by atoms with E-state index >= 15 is 0 Å². The molecule has 0 fully saturated rings. The van der Waals surface area contributed by atoms with Crippen molar-refractivity contribution in [3.8, 4) is 5.75 Å². The molecule has 1 aliphatic heterocycles. The highest BCUT2D eigenvalue weighted by molar-refractivity contribution is 5.62. The van der Waals surface area contributed by atoms with Gasteiger partial charge in [0.15, 0.2) is 0 Å². The van der Waals surface area contributed by atoms with Crippen LogP contribution >= 0.6 is 0 Å². The summed E-state index contributed by atoms with van der Waals surface area (Å²) < 4.78 is 5.70. The molecule has 0 aromatic heterocycles. The van der Waals surface area contributed by atoms with E-state index in [2.05, 4.69) is 31.3 Å². The van der Waals surface area contributed by atoms with Crippen molar-refractivity contribution in [3.05, 3.63) is 23.3 Å². The van der Waals surface area contributed by atoms with E-state index in [1.807, 2.05) is 0 Å². The third kappa shape index (κ3) is 1.48. The summed E-state index contributed by atoms with van der Waals surface area (Å²) in [6, 6.07) is 4.23. The van der Waals surface area contributed by atoms with Crippen molar-refractivity contribution < 1.29 is 4.74 Å². The molecule has 0 saturated heterocycles. The summed E-state index contributed by atoms with van der Waals surface area (Å²) in [7, 11) is 0. The van der Waals surface area contributed by atoms with Crippen molar-refractivity contribution in [1.82, 2.24) is 0 Å². The SMILES string of the molecule is Cc1ccc2c(c1C)OCCCN2. The molecule has 70 valence electrons. The predicted molar refractivity (Wildman–Crippen MR) is 54.5 cm³/mol. The van der Waals surface area contributed by atoms with E-state index in [-0.39, 0.29) is 0 Å². The van der Waals surface area contributed by atoms with Gasteiger partial charge in [0.25, 0.3) is 0 Å². The summed E-state index contributed by atoms with van der Waals surface area (Å²) >= 11 is 0. The van der Waals surface area contributed by atoms with Gasteiger partial charge in [-0.05, 0) is 37.5 Å². The summed E-state index contributed by atoms with van der Waals surface area (Å²) in [5.41, 5.74) is 3.69. The number of hydrogen-bond acceptors (Lipinski definition) is 2. The summed E-state index contributed by atoms with van der Waals surface area (Å²) in [5.74, 6) is 1.04. The van der Waals surface area contributed by atoms with Gasteiger partial charge < -0.3 is 10.1 Å². The number of hydrogen-bond donors (Lipinski definition) is 1. The number of nitrogens with one attached hydrogen (secondary N) is 1. The van der Waals surface area contributed by atoms with Gasteiger partial charge in [-0.1, -0.05) is 6.07 Å². The Morgan fingerprint density at radius 3 is 3.00 bits per heavy atom. The quantitative estimate of drug-likeness (QED) is 0.657. The zero-order valence-corrected chi connectivity index (χ0v) is 8.18. The molecule has 0 aliphatic carbocycles. The maximum Gasteiger partial charge on any atom is 0.145 e. The Hall–Kier alpha value is -1.18. The molecule has 1 heterocycles. The van der Waals surface area contributed by atoms with Gasteiger partial charge in [-0.3, -0.25) is 0 Å². The molecule has 0 bridgehead atoms. The largest absolute Gasteiger partial charge is 0.491 e. The molecule has 0 radical (unpaired) electrons. The molecule has 0 saturated carbocycles. The molecule has 0 atom stereocenters. The number of anilines is 1. The molecular weight excluding hydrogens is 162 g/mol. The molecule has 0 amide bonds. The first-order chi connectivity index (χ1) is 6.29. The minimum atomic E-state index is 0.824. The molecule has 0 spiro atoms. The molecule has 1 N–H and O–H groups in total. The Bertz CT molecular complexity index is 320. The summed E-state index contributed by atoms with van der Waals surface area (Å²) in [6.07, 6.45) is 1.08. The van der Waals surface area contributed by atoms with Crippen LogP contribution in [0.1, 0.15) is 17.5 Å². The Morgan fingerprint density at radius 1 is 1.31 bits per heavy atom. The average Bonchev–Trinajstić information content (AvgIpc) is 2.36. The van der Waals surface area contributed by atoms with Gasteiger partial charge in [-0.2, -0.15) is 0 Å². The zero-order chi connectivity index (χ0) is 9.26. The van der Waals surface area contributed by atoms with Crippen LogP contribution in [0.15, 0.2) is 12.1 Å². The highest BCUT2D eigenvalue weighted by Gasteiger charge is 2.11. The van der Waals surface area contributed by atoms with Crippen LogP contribution in [-0.2, 0) is 0 Å². The molecule has 1 aliphatic rings. The molecule has 1 aromatic rings. The fraction of sp³-hybridized carbons (Fsp3) is 0.455. The minimum absolute atomic E-state index is 0.824. The average molecular weight is 177 g/mol. The standard InChI is InChI=1S/C11H15NO/c1-8-4-5-10-11(9(8)2)13-7-3-6-12-10/h4-5,12H,3,6-7H2,1-2H3. The second-order valence-electron chi connectivity index (χ2n) is 3.51. The highest BCUT2D eigenvalue weighted by atomic mass is 16.5. The van der Waals surface area contributed by atoms with Crippen molar-refractivity contribution in [2.45, 2.75) is 20.3 Å². The first kappa shape index (κ1) is 8.42. The Labute approximate surface area is 78.9 Å². The second-order valence-corrected chi connectivity index (χ2v) is 3.51. The van der Waals surface area contributed by atoms with Gasteiger partial charge in [-0.25, -0.2) is 0 Å². The van der Waals surface area contributed by atoms with E-state index in [9.17, 15) is 0 Å². The summed E-state index contributed by atoms with van der Waals surface area (Å²) in [5, 5.41) is 3.37.